The summed E-state index contributed by atoms with van der Waals surface area (Å²) in [7, 11) is 0. The first-order valence-corrected chi connectivity index (χ1v) is 6.91. The van der Waals surface area contributed by atoms with Crippen LogP contribution >= 0.6 is 0 Å². The number of hydrogen-bond donors (Lipinski definition) is 1. The highest BCUT2D eigenvalue weighted by molar-refractivity contribution is 6.13. The predicted molar refractivity (Wildman–Crippen MR) is 73.5 cm³/mol. The summed E-state index contributed by atoms with van der Waals surface area (Å²) in [6.07, 6.45) is 4.61. The lowest BCUT2D eigenvalue weighted by Gasteiger charge is -2.14. The van der Waals surface area contributed by atoms with Gasteiger partial charge in [-0.25, -0.2) is 0 Å². The molecular formula is C16H18N2. The van der Waals surface area contributed by atoms with Crippen LogP contribution in [0.15, 0.2) is 29.3 Å². The third-order valence-electron chi connectivity index (χ3n) is 5.07. The minimum Gasteiger partial charge on any atom is -0.309 e. The van der Waals surface area contributed by atoms with Gasteiger partial charge in [-0.15, -0.1) is 0 Å². The van der Waals surface area contributed by atoms with E-state index < -0.39 is 0 Å². The van der Waals surface area contributed by atoms with Gasteiger partial charge >= 0.3 is 0 Å². The fourth-order valence-electron chi connectivity index (χ4n) is 3.81. The molecule has 1 aromatic carbocycles. The molecule has 2 nitrogen and oxygen atoms in total. The van der Waals surface area contributed by atoms with Crippen molar-refractivity contribution in [2.24, 2.45) is 16.3 Å². The maximum absolute atomic E-state index is 8.00. The molecule has 92 valence electrons. The van der Waals surface area contributed by atoms with Gasteiger partial charge in [0.15, 0.2) is 0 Å². The Bertz CT molecular complexity index is 566. The SMILES string of the molecule is CC(=N)C1(C2=NC3c4ccccc4CC3C2)CC1. The highest BCUT2D eigenvalue weighted by atomic mass is 14.9. The molecule has 2 heteroatoms. The predicted octanol–water partition coefficient (Wildman–Crippen LogP) is 3.56. The van der Waals surface area contributed by atoms with E-state index in [1.807, 2.05) is 6.92 Å². The number of aliphatic imine (C=N–C) groups is 1. The van der Waals surface area contributed by atoms with E-state index in [1.54, 1.807) is 0 Å². The first kappa shape index (κ1) is 10.5. The normalized spacial score (nSPS) is 30.6. The lowest BCUT2D eigenvalue weighted by Crippen LogP contribution is -2.22. The molecule has 0 aromatic heterocycles. The van der Waals surface area contributed by atoms with Crippen molar-refractivity contribution in [3.8, 4) is 0 Å². The van der Waals surface area contributed by atoms with Gasteiger partial charge in [0.05, 0.1) is 6.04 Å². The summed E-state index contributed by atoms with van der Waals surface area (Å²) in [6, 6.07) is 9.15. The average molecular weight is 238 g/mol. The van der Waals surface area contributed by atoms with Crippen molar-refractivity contribution in [1.82, 2.24) is 0 Å². The highest BCUT2D eigenvalue weighted by Crippen LogP contribution is 2.55. The van der Waals surface area contributed by atoms with E-state index in [-0.39, 0.29) is 5.41 Å². The molecule has 0 radical (unpaired) electrons. The molecule has 0 amide bonds. The zero-order valence-corrected chi connectivity index (χ0v) is 10.7. The second-order valence-corrected chi connectivity index (χ2v) is 6.09. The minimum atomic E-state index is 0.0826. The summed E-state index contributed by atoms with van der Waals surface area (Å²) in [5.74, 6) is 0.675. The first-order valence-electron chi connectivity index (χ1n) is 6.91. The summed E-state index contributed by atoms with van der Waals surface area (Å²) in [4.78, 5) is 5.02. The van der Waals surface area contributed by atoms with Crippen molar-refractivity contribution in [2.45, 2.75) is 38.6 Å². The Hall–Kier alpha value is -1.44. The van der Waals surface area contributed by atoms with E-state index >= 15 is 0 Å². The minimum absolute atomic E-state index is 0.0826. The Morgan fingerprint density at radius 1 is 1.28 bits per heavy atom. The molecule has 1 saturated carbocycles. The van der Waals surface area contributed by atoms with Gasteiger partial charge in [-0.2, -0.15) is 0 Å². The largest absolute Gasteiger partial charge is 0.309 e. The summed E-state index contributed by atoms with van der Waals surface area (Å²) in [5.41, 5.74) is 5.18. The summed E-state index contributed by atoms with van der Waals surface area (Å²) >= 11 is 0. The van der Waals surface area contributed by atoms with E-state index in [1.165, 1.54) is 23.3 Å². The number of benzene rings is 1. The standard InChI is InChI=1S/C16H18N2/c1-10(17)16(6-7-16)14-9-12-8-11-4-2-3-5-13(11)15(12)18-14/h2-5,12,15,17H,6-9H2,1H3. The molecular weight excluding hydrogens is 220 g/mol. The molecule has 4 rings (SSSR count). The van der Waals surface area contributed by atoms with Crippen molar-refractivity contribution >= 4 is 11.4 Å². The third-order valence-corrected chi connectivity index (χ3v) is 5.07. The molecule has 1 aromatic rings. The second kappa shape index (κ2) is 3.31. The van der Waals surface area contributed by atoms with Gasteiger partial charge in [0.1, 0.15) is 0 Å². The molecule has 2 atom stereocenters. The van der Waals surface area contributed by atoms with Gasteiger partial charge in [0, 0.05) is 16.8 Å². The Morgan fingerprint density at radius 3 is 2.78 bits per heavy atom. The molecule has 1 fully saturated rings. The van der Waals surface area contributed by atoms with Crippen LogP contribution in [-0.4, -0.2) is 11.4 Å². The molecule has 0 spiro atoms. The molecule has 0 bridgehead atoms. The lowest BCUT2D eigenvalue weighted by atomic mass is 9.89. The smallest absolute Gasteiger partial charge is 0.0786 e. The fraction of sp³-hybridized carbons (Fsp3) is 0.500. The quantitative estimate of drug-likeness (QED) is 0.765. The molecule has 1 heterocycles. The summed E-state index contributed by atoms with van der Waals surface area (Å²) in [5, 5.41) is 8.00. The maximum atomic E-state index is 8.00. The third kappa shape index (κ3) is 1.23. The van der Waals surface area contributed by atoms with E-state index in [2.05, 4.69) is 24.3 Å². The topological polar surface area (TPSA) is 36.2 Å². The maximum Gasteiger partial charge on any atom is 0.0786 e. The van der Waals surface area contributed by atoms with Crippen molar-refractivity contribution in [1.29, 1.82) is 5.41 Å². The van der Waals surface area contributed by atoms with Gasteiger partial charge < -0.3 is 5.41 Å². The number of fused-ring (bicyclic) bond motifs is 3. The van der Waals surface area contributed by atoms with Crippen molar-refractivity contribution < 1.29 is 0 Å². The van der Waals surface area contributed by atoms with Crippen LogP contribution in [0.1, 0.15) is 43.4 Å². The van der Waals surface area contributed by atoms with E-state index in [0.717, 1.165) is 25.0 Å². The Kier molecular flexibility index (Phi) is 1.93. The lowest BCUT2D eigenvalue weighted by molar-refractivity contribution is 0.520. The van der Waals surface area contributed by atoms with E-state index in [4.69, 9.17) is 10.4 Å². The van der Waals surface area contributed by atoms with Gasteiger partial charge in [0.25, 0.3) is 0 Å². The molecule has 3 aliphatic rings. The monoisotopic (exact) mass is 238 g/mol. The Morgan fingerprint density at radius 2 is 2.06 bits per heavy atom. The van der Waals surface area contributed by atoms with Crippen LogP contribution in [0, 0.1) is 16.7 Å². The zero-order valence-electron chi connectivity index (χ0n) is 10.7. The highest BCUT2D eigenvalue weighted by Gasteiger charge is 2.53. The van der Waals surface area contributed by atoms with Gasteiger partial charge in [-0.05, 0) is 49.7 Å². The molecule has 0 saturated heterocycles. The molecule has 2 unspecified atom stereocenters. The van der Waals surface area contributed by atoms with E-state index in [9.17, 15) is 0 Å². The summed E-state index contributed by atoms with van der Waals surface area (Å²) in [6.45, 7) is 1.96. The number of rotatable bonds is 2. The molecule has 1 aliphatic heterocycles. The van der Waals surface area contributed by atoms with Crippen LogP contribution in [0.25, 0.3) is 0 Å². The number of nitrogens with one attached hydrogen (secondary N) is 1. The van der Waals surface area contributed by atoms with Crippen LogP contribution < -0.4 is 0 Å². The van der Waals surface area contributed by atoms with Crippen LogP contribution in [-0.2, 0) is 6.42 Å². The van der Waals surface area contributed by atoms with E-state index in [0.29, 0.717) is 12.0 Å². The molecule has 1 N–H and O–H groups in total. The van der Waals surface area contributed by atoms with Crippen molar-refractivity contribution in [2.75, 3.05) is 0 Å². The number of nitrogens with zero attached hydrogens (tertiary/aromatic N) is 1. The van der Waals surface area contributed by atoms with Crippen LogP contribution in [0.5, 0.6) is 0 Å². The van der Waals surface area contributed by atoms with Crippen molar-refractivity contribution in [3.63, 3.8) is 0 Å². The van der Waals surface area contributed by atoms with Gasteiger partial charge in [-0.3, -0.25) is 4.99 Å². The average Bonchev–Trinajstić information content (AvgIpc) is 2.96. The zero-order chi connectivity index (χ0) is 12.3. The first-order chi connectivity index (χ1) is 8.71. The van der Waals surface area contributed by atoms with Gasteiger partial charge in [0.2, 0.25) is 0 Å². The number of hydrogen-bond acceptors (Lipinski definition) is 2. The van der Waals surface area contributed by atoms with Crippen LogP contribution in [0.4, 0.5) is 0 Å². The second-order valence-electron chi connectivity index (χ2n) is 6.09. The molecule has 2 aliphatic carbocycles. The summed E-state index contributed by atoms with van der Waals surface area (Å²) < 4.78 is 0. The fourth-order valence-corrected chi connectivity index (χ4v) is 3.81. The van der Waals surface area contributed by atoms with Crippen LogP contribution in [0.3, 0.4) is 0 Å². The van der Waals surface area contributed by atoms with Crippen LogP contribution in [0.2, 0.25) is 0 Å². The molecule has 18 heavy (non-hydrogen) atoms. The van der Waals surface area contributed by atoms with Crippen molar-refractivity contribution in [3.05, 3.63) is 35.4 Å². The Balaban J connectivity index is 1.72. The Labute approximate surface area is 108 Å². The van der Waals surface area contributed by atoms with Gasteiger partial charge in [-0.1, -0.05) is 24.3 Å².